The molecule has 2 aromatic carbocycles. The van der Waals surface area contributed by atoms with Gasteiger partial charge in [0, 0.05) is 30.6 Å². The van der Waals surface area contributed by atoms with Crippen LogP contribution >= 0.6 is 11.3 Å². The number of amides is 1. The van der Waals surface area contributed by atoms with Crippen LogP contribution < -0.4 is 9.47 Å². The van der Waals surface area contributed by atoms with E-state index in [1.807, 2.05) is 24.4 Å². The maximum Gasteiger partial charge on any atom is 0.415 e. The Labute approximate surface area is 197 Å². The van der Waals surface area contributed by atoms with E-state index < -0.39 is 9.84 Å². The van der Waals surface area contributed by atoms with E-state index in [1.54, 1.807) is 40.5 Å². The lowest BCUT2D eigenvalue weighted by Crippen LogP contribution is -2.39. The molecule has 1 amide bonds. The average Bonchev–Trinajstić information content (AvgIpc) is 3.28. The summed E-state index contributed by atoms with van der Waals surface area (Å²) in [7, 11) is -3.22. The zero-order valence-electron chi connectivity index (χ0n) is 18.6. The summed E-state index contributed by atoms with van der Waals surface area (Å²) in [6.07, 6.45) is 2.54. The minimum absolute atomic E-state index is 0.264. The molecule has 7 nitrogen and oxygen atoms in total. The quantitative estimate of drug-likeness (QED) is 0.497. The zero-order chi connectivity index (χ0) is 23.4. The maximum absolute atomic E-state index is 12.4. The Morgan fingerprint density at radius 2 is 1.70 bits per heavy atom. The van der Waals surface area contributed by atoms with Gasteiger partial charge in [0.2, 0.25) is 0 Å². The van der Waals surface area contributed by atoms with Crippen LogP contribution in [0.25, 0.3) is 0 Å². The number of carbonyl (C=O) groups excluding carboxylic acids is 1. The Bertz CT molecular complexity index is 1200. The van der Waals surface area contributed by atoms with Crippen molar-refractivity contribution in [2.75, 3.05) is 19.3 Å². The Morgan fingerprint density at radius 3 is 2.33 bits per heavy atom. The van der Waals surface area contributed by atoms with Crippen molar-refractivity contribution in [3.8, 4) is 11.5 Å². The first-order valence-corrected chi connectivity index (χ1v) is 13.5. The Morgan fingerprint density at radius 1 is 1.06 bits per heavy atom. The summed E-state index contributed by atoms with van der Waals surface area (Å²) >= 11 is 1.61. The van der Waals surface area contributed by atoms with Gasteiger partial charge in [-0.05, 0) is 56.2 Å². The summed E-state index contributed by atoms with van der Waals surface area (Å²) in [6, 6.07) is 13.8. The van der Waals surface area contributed by atoms with Gasteiger partial charge in [0.25, 0.3) is 0 Å². The molecule has 174 valence electrons. The number of hydrogen-bond donors (Lipinski definition) is 0. The number of aromatic nitrogens is 1. The number of nitrogens with zero attached hydrogens (tertiary/aromatic N) is 2. The van der Waals surface area contributed by atoms with E-state index in [0.717, 1.165) is 29.1 Å². The fourth-order valence-electron chi connectivity index (χ4n) is 3.60. The molecule has 0 N–H and O–H groups in total. The topological polar surface area (TPSA) is 85.8 Å². The molecule has 2 heterocycles. The molecule has 0 bridgehead atoms. The van der Waals surface area contributed by atoms with Gasteiger partial charge in [-0.3, -0.25) is 0 Å². The molecule has 0 aliphatic carbocycles. The second-order valence-electron chi connectivity index (χ2n) is 8.15. The fraction of sp³-hybridized carbons (Fsp3) is 0.333. The van der Waals surface area contributed by atoms with Crippen molar-refractivity contribution in [3.63, 3.8) is 0 Å². The molecule has 1 aliphatic rings. The monoisotopic (exact) mass is 486 g/mol. The molecule has 4 rings (SSSR count). The van der Waals surface area contributed by atoms with Gasteiger partial charge in [0.15, 0.2) is 9.84 Å². The summed E-state index contributed by atoms with van der Waals surface area (Å²) in [5.74, 6) is 1.46. The van der Waals surface area contributed by atoms with Gasteiger partial charge in [0.1, 0.15) is 18.1 Å². The molecular formula is C24H26N2O5S2. The Balaban J connectivity index is 1.26. The highest BCUT2D eigenvalue weighted by atomic mass is 32.2. The molecule has 9 heteroatoms. The molecule has 33 heavy (non-hydrogen) atoms. The highest BCUT2D eigenvalue weighted by Crippen LogP contribution is 2.31. The van der Waals surface area contributed by atoms with Crippen LogP contribution in [0.3, 0.4) is 0 Å². The Kier molecular flexibility index (Phi) is 6.99. The minimum atomic E-state index is -3.22. The lowest BCUT2D eigenvalue weighted by Gasteiger charge is -2.30. The third kappa shape index (κ3) is 6.11. The number of hydrogen-bond acceptors (Lipinski definition) is 7. The van der Waals surface area contributed by atoms with Crippen molar-refractivity contribution in [3.05, 3.63) is 70.2 Å². The third-order valence-corrected chi connectivity index (χ3v) is 7.72. The van der Waals surface area contributed by atoms with Crippen molar-refractivity contribution in [1.82, 2.24) is 9.88 Å². The smallest absolute Gasteiger partial charge is 0.415 e. The van der Waals surface area contributed by atoms with Crippen molar-refractivity contribution in [2.45, 2.75) is 37.2 Å². The van der Waals surface area contributed by atoms with Crippen LogP contribution in [0.2, 0.25) is 0 Å². The predicted octanol–water partition coefficient (Wildman–Crippen LogP) is 4.81. The van der Waals surface area contributed by atoms with Gasteiger partial charge in [-0.15, -0.1) is 11.3 Å². The van der Waals surface area contributed by atoms with Crippen molar-refractivity contribution in [1.29, 1.82) is 0 Å². The van der Waals surface area contributed by atoms with Crippen LogP contribution in [-0.2, 0) is 16.4 Å². The molecule has 1 aromatic heterocycles. The van der Waals surface area contributed by atoms with Crippen molar-refractivity contribution in [2.24, 2.45) is 0 Å². The standard InChI is InChI=1S/C24H26N2O5S2/c1-17-3-5-21(6-4-17)31-24(27)26-13-11-18(12-14-26)23-25-19(16-32-23)15-30-20-7-9-22(10-8-20)33(2,28)29/h3-10,16,18H,11-15H2,1-2H3. The van der Waals surface area contributed by atoms with Gasteiger partial charge in [-0.2, -0.15) is 0 Å². The SMILES string of the molecule is Cc1ccc(OC(=O)N2CCC(c3nc(COc4ccc(S(C)(=O)=O)cc4)cs3)CC2)cc1. The van der Waals surface area contributed by atoms with Gasteiger partial charge < -0.3 is 14.4 Å². The number of rotatable bonds is 6. The molecule has 1 aliphatic heterocycles. The normalized spacial score (nSPS) is 14.8. The zero-order valence-corrected chi connectivity index (χ0v) is 20.2. The van der Waals surface area contributed by atoms with E-state index in [-0.39, 0.29) is 11.0 Å². The molecule has 1 saturated heterocycles. The predicted molar refractivity (Wildman–Crippen MR) is 127 cm³/mol. The largest absolute Gasteiger partial charge is 0.487 e. The van der Waals surface area contributed by atoms with Gasteiger partial charge >= 0.3 is 6.09 Å². The van der Waals surface area contributed by atoms with Crippen LogP contribution in [-0.4, -0.2) is 43.7 Å². The van der Waals surface area contributed by atoms with Gasteiger partial charge in [-0.25, -0.2) is 18.2 Å². The molecule has 3 aromatic rings. The Hall–Kier alpha value is -2.91. The second kappa shape index (κ2) is 9.93. The second-order valence-corrected chi connectivity index (χ2v) is 11.1. The maximum atomic E-state index is 12.4. The number of ether oxygens (including phenoxy) is 2. The molecule has 0 saturated carbocycles. The number of likely N-dealkylation sites (tertiary alicyclic amines) is 1. The van der Waals surface area contributed by atoms with E-state index in [1.165, 1.54) is 18.4 Å². The lowest BCUT2D eigenvalue weighted by molar-refractivity contribution is 0.138. The number of benzene rings is 2. The van der Waals surface area contributed by atoms with Gasteiger partial charge in [-0.1, -0.05) is 17.7 Å². The van der Waals surface area contributed by atoms with Crippen LogP contribution in [0.15, 0.2) is 58.8 Å². The first kappa shape index (κ1) is 23.3. The molecule has 0 unspecified atom stereocenters. The molecule has 1 fully saturated rings. The number of aryl methyl sites for hydroxylation is 1. The molecule has 0 radical (unpaired) electrons. The van der Waals surface area contributed by atoms with E-state index >= 15 is 0 Å². The highest BCUT2D eigenvalue weighted by molar-refractivity contribution is 7.90. The average molecular weight is 487 g/mol. The third-order valence-electron chi connectivity index (χ3n) is 5.54. The fourth-order valence-corrected chi connectivity index (χ4v) is 5.20. The molecule has 0 atom stereocenters. The van der Waals surface area contributed by atoms with Crippen molar-refractivity contribution >= 4 is 27.3 Å². The number of sulfone groups is 1. The summed E-state index contributed by atoms with van der Waals surface area (Å²) < 4.78 is 34.3. The summed E-state index contributed by atoms with van der Waals surface area (Å²) in [5.41, 5.74) is 1.96. The van der Waals surface area contributed by atoms with Crippen LogP contribution in [0.4, 0.5) is 4.79 Å². The number of carbonyl (C=O) groups is 1. The number of thiazole rings is 1. The minimum Gasteiger partial charge on any atom is -0.487 e. The first-order valence-electron chi connectivity index (χ1n) is 10.7. The van der Waals surface area contributed by atoms with E-state index in [9.17, 15) is 13.2 Å². The van der Waals surface area contributed by atoms with Crippen LogP contribution in [0.5, 0.6) is 11.5 Å². The summed E-state index contributed by atoms with van der Waals surface area (Å²) in [5, 5.41) is 3.03. The van der Waals surface area contributed by atoms with Crippen molar-refractivity contribution < 1.29 is 22.7 Å². The molecule has 0 spiro atoms. The van der Waals surface area contributed by atoms with E-state index in [0.29, 0.717) is 37.1 Å². The number of piperidine rings is 1. The van der Waals surface area contributed by atoms with Crippen LogP contribution in [0.1, 0.15) is 35.0 Å². The van der Waals surface area contributed by atoms with E-state index in [4.69, 9.17) is 14.5 Å². The molecular weight excluding hydrogens is 460 g/mol. The first-order chi connectivity index (χ1) is 15.8. The van der Waals surface area contributed by atoms with Crippen LogP contribution in [0, 0.1) is 6.92 Å². The highest BCUT2D eigenvalue weighted by Gasteiger charge is 2.27. The van der Waals surface area contributed by atoms with Gasteiger partial charge in [0.05, 0.1) is 15.6 Å². The summed E-state index contributed by atoms with van der Waals surface area (Å²) in [4.78, 5) is 19.2. The lowest BCUT2D eigenvalue weighted by atomic mass is 9.98. The summed E-state index contributed by atoms with van der Waals surface area (Å²) in [6.45, 7) is 3.57. The van der Waals surface area contributed by atoms with E-state index in [2.05, 4.69) is 0 Å².